The molecule has 0 bridgehead atoms. The smallest absolute Gasteiger partial charge is 0.290 e. The summed E-state index contributed by atoms with van der Waals surface area (Å²) in [5.41, 5.74) is 7.14. The molecule has 21 heavy (non-hydrogen) atoms. The highest BCUT2D eigenvalue weighted by molar-refractivity contribution is 5.96. The summed E-state index contributed by atoms with van der Waals surface area (Å²) >= 11 is 0. The highest BCUT2D eigenvalue weighted by atomic mass is 16.5. The van der Waals surface area contributed by atoms with Crippen LogP contribution < -0.4 is 5.73 Å². The number of hydrogen-bond acceptors (Lipinski definition) is 4. The van der Waals surface area contributed by atoms with Gasteiger partial charge in [-0.1, -0.05) is 0 Å². The minimum Gasteiger partial charge on any atom is -0.451 e. The summed E-state index contributed by atoms with van der Waals surface area (Å²) in [4.78, 5) is 14.7. The summed E-state index contributed by atoms with van der Waals surface area (Å²) < 4.78 is 11.5. The molecule has 2 heterocycles. The molecule has 0 radical (unpaired) electrons. The lowest BCUT2D eigenvalue weighted by atomic mass is 10.1. The number of rotatable bonds is 1. The normalized spacial score (nSPS) is 25.2. The Bertz CT molecular complexity index is 694. The third kappa shape index (κ3) is 2.08. The molecule has 1 saturated carbocycles. The molecule has 2 fully saturated rings. The SMILES string of the molecule is Nc1ccc2oc(C(=O)N3CCOC4CCCC43)cc2c1. The number of ether oxygens (including phenoxy) is 1. The average Bonchev–Trinajstić information content (AvgIpc) is 3.11. The van der Waals surface area contributed by atoms with Gasteiger partial charge in [-0.3, -0.25) is 4.79 Å². The molecule has 5 nitrogen and oxygen atoms in total. The van der Waals surface area contributed by atoms with E-state index < -0.39 is 0 Å². The first-order valence-electron chi connectivity index (χ1n) is 7.44. The van der Waals surface area contributed by atoms with E-state index in [0.717, 1.165) is 24.6 Å². The molecule has 2 aliphatic rings. The van der Waals surface area contributed by atoms with Crippen molar-refractivity contribution in [2.75, 3.05) is 18.9 Å². The number of anilines is 1. The minimum absolute atomic E-state index is 0.0371. The summed E-state index contributed by atoms with van der Waals surface area (Å²) in [5, 5.41) is 0.870. The summed E-state index contributed by atoms with van der Waals surface area (Å²) in [5.74, 6) is 0.355. The van der Waals surface area contributed by atoms with Crippen LogP contribution in [0, 0.1) is 0 Å². The zero-order valence-corrected chi connectivity index (χ0v) is 11.7. The van der Waals surface area contributed by atoms with Crippen LogP contribution in [0.4, 0.5) is 5.69 Å². The van der Waals surface area contributed by atoms with Crippen LogP contribution in [-0.4, -0.2) is 36.1 Å². The van der Waals surface area contributed by atoms with Gasteiger partial charge in [-0.25, -0.2) is 0 Å². The Morgan fingerprint density at radius 2 is 2.19 bits per heavy atom. The molecule has 1 aromatic carbocycles. The second-order valence-electron chi connectivity index (χ2n) is 5.81. The fourth-order valence-electron chi connectivity index (χ4n) is 3.49. The van der Waals surface area contributed by atoms with Gasteiger partial charge in [-0.15, -0.1) is 0 Å². The Hall–Kier alpha value is -2.01. The average molecular weight is 286 g/mol. The van der Waals surface area contributed by atoms with Crippen LogP contribution in [0.25, 0.3) is 11.0 Å². The molecule has 1 aromatic heterocycles. The van der Waals surface area contributed by atoms with Crippen LogP contribution >= 0.6 is 0 Å². The highest BCUT2D eigenvalue weighted by Crippen LogP contribution is 2.31. The van der Waals surface area contributed by atoms with Crippen LogP contribution in [0.15, 0.2) is 28.7 Å². The lowest BCUT2D eigenvalue weighted by molar-refractivity contribution is -0.0453. The molecule has 1 saturated heterocycles. The van der Waals surface area contributed by atoms with Crippen LogP contribution in [0.2, 0.25) is 0 Å². The Labute approximate surface area is 122 Å². The van der Waals surface area contributed by atoms with E-state index in [2.05, 4.69) is 0 Å². The van der Waals surface area contributed by atoms with Gasteiger partial charge in [0.25, 0.3) is 5.91 Å². The van der Waals surface area contributed by atoms with Crippen molar-refractivity contribution in [2.45, 2.75) is 31.4 Å². The first kappa shape index (κ1) is 12.7. The molecule has 4 rings (SSSR count). The number of amides is 1. The number of fused-ring (bicyclic) bond motifs is 2. The summed E-state index contributed by atoms with van der Waals surface area (Å²) in [6.45, 7) is 1.25. The number of nitrogens with two attached hydrogens (primary N) is 1. The van der Waals surface area contributed by atoms with E-state index in [1.165, 1.54) is 0 Å². The second kappa shape index (κ2) is 4.77. The molecule has 1 amide bonds. The van der Waals surface area contributed by atoms with Gasteiger partial charge < -0.3 is 19.8 Å². The fourth-order valence-corrected chi connectivity index (χ4v) is 3.49. The zero-order chi connectivity index (χ0) is 14.4. The molecular weight excluding hydrogens is 268 g/mol. The Morgan fingerprint density at radius 1 is 1.29 bits per heavy atom. The number of nitrogens with zero attached hydrogens (tertiary/aromatic N) is 1. The van der Waals surface area contributed by atoms with E-state index in [1.54, 1.807) is 18.2 Å². The summed E-state index contributed by atoms with van der Waals surface area (Å²) in [7, 11) is 0. The third-order valence-corrected chi connectivity index (χ3v) is 4.49. The molecule has 1 aliphatic heterocycles. The van der Waals surface area contributed by atoms with E-state index >= 15 is 0 Å². The number of carbonyl (C=O) groups is 1. The highest BCUT2D eigenvalue weighted by Gasteiger charge is 2.39. The topological polar surface area (TPSA) is 68.7 Å². The molecule has 2 atom stereocenters. The lowest BCUT2D eigenvalue weighted by Crippen LogP contribution is -2.51. The third-order valence-electron chi connectivity index (χ3n) is 4.49. The number of morpholine rings is 1. The Balaban J connectivity index is 1.66. The summed E-state index contributed by atoms with van der Waals surface area (Å²) in [6, 6.07) is 7.39. The first-order valence-corrected chi connectivity index (χ1v) is 7.44. The van der Waals surface area contributed by atoms with Crippen molar-refractivity contribution in [3.63, 3.8) is 0 Å². The van der Waals surface area contributed by atoms with Crippen molar-refractivity contribution < 1.29 is 13.9 Å². The van der Waals surface area contributed by atoms with Crippen LogP contribution in [0.3, 0.4) is 0 Å². The predicted molar refractivity (Wildman–Crippen MR) is 79.0 cm³/mol. The Morgan fingerprint density at radius 3 is 3.10 bits per heavy atom. The number of benzene rings is 1. The van der Waals surface area contributed by atoms with Gasteiger partial charge in [-0.2, -0.15) is 0 Å². The molecule has 2 aromatic rings. The number of nitrogen functional groups attached to an aromatic ring is 1. The van der Waals surface area contributed by atoms with Crippen molar-refractivity contribution in [3.8, 4) is 0 Å². The maximum absolute atomic E-state index is 12.7. The molecule has 0 spiro atoms. The Kier molecular flexibility index (Phi) is 2.89. The van der Waals surface area contributed by atoms with Gasteiger partial charge in [0, 0.05) is 17.6 Å². The van der Waals surface area contributed by atoms with Gasteiger partial charge >= 0.3 is 0 Å². The number of furan rings is 1. The van der Waals surface area contributed by atoms with Crippen molar-refractivity contribution in [1.29, 1.82) is 0 Å². The van der Waals surface area contributed by atoms with Gasteiger partial charge in [0.2, 0.25) is 0 Å². The van der Waals surface area contributed by atoms with E-state index in [1.807, 2.05) is 11.0 Å². The molecular formula is C16H18N2O3. The van der Waals surface area contributed by atoms with Gasteiger partial charge in [0.05, 0.1) is 18.8 Å². The number of hydrogen-bond donors (Lipinski definition) is 1. The lowest BCUT2D eigenvalue weighted by Gasteiger charge is -2.37. The second-order valence-corrected chi connectivity index (χ2v) is 5.81. The van der Waals surface area contributed by atoms with Gasteiger partial charge in [0.15, 0.2) is 5.76 Å². The largest absolute Gasteiger partial charge is 0.451 e. The van der Waals surface area contributed by atoms with Gasteiger partial charge in [0.1, 0.15) is 5.58 Å². The van der Waals surface area contributed by atoms with E-state index in [4.69, 9.17) is 14.9 Å². The minimum atomic E-state index is -0.0371. The van der Waals surface area contributed by atoms with Gasteiger partial charge in [-0.05, 0) is 43.5 Å². The molecule has 2 unspecified atom stereocenters. The van der Waals surface area contributed by atoms with Crippen LogP contribution in [-0.2, 0) is 4.74 Å². The van der Waals surface area contributed by atoms with E-state index in [-0.39, 0.29) is 18.1 Å². The predicted octanol–water partition coefficient (Wildman–Crippen LogP) is 2.41. The van der Waals surface area contributed by atoms with Crippen molar-refractivity contribution in [1.82, 2.24) is 4.90 Å². The van der Waals surface area contributed by atoms with Crippen molar-refractivity contribution >= 4 is 22.6 Å². The summed E-state index contributed by atoms with van der Waals surface area (Å²) in [6.07, 6.45) is 3.38. The molecule has 2 N–H and O–H groups in total. The first-order chi connectivity index (χ1) is 10.2. The van der Waals surface area contributed by atoms with Crippen molar-refractivity contribution in [3.05, 3.63) is 30.0 Å². The monoisotopic (exact) mass is 286 g/mol. The molecule has 1 aliphatic carbocycles. The zero-order valence-electron chi connectivity index (χ0n) is 11.7. The standard InChI is InChI=1S/C16H18N2O3/c17-11-4-5-13-10(8-11)9-15(21-13)16(19)18-6-7-20-14-3-1-2-12(14)18/h4-5,8-9,12,14H,1-3,6-7,17H2. The molecule has 5 heteroatoms. The maximum atomic E-state index is 12.7. The van der Waals surface area contributed by atoms with Crippen LogP contribution in [0.1, 0.15) is 29.8 Å². The fraction of sp³-hybridized carbons (Fsp3) is 0.438. The number of carbonyl (C=O) groups excluding carboxylic acids is 1. The van der Waals surface area contributed by atoms with Crippen LogP contribution in [0.5, 0.6) is 0 Å². The molecule has 110 valence electrons. The maximum Gasteiger partial charge on any atom is 0.290 e. The van der Waals surface area contributed by atoms with E-state index in [9.17, 15) is 4.79 Å². The van der Waals surface area contributed by atoms with E-state index in [0.29, 0.717) is 30.2 Å². The quantitative estimate of drug-likeness (QED) is 0.817. The van der Waals surface area contributed by atoms with Crippen molar-refractivity contribution in [2.24, 2.45) is 0 Å².